The molecule has 1 amide bonds. The van der Waals surface area contributed by atoms with Crippen LogP contribution in [0.3, 0.4) is 0 Å². The van der Waals surface area contributed by atoms with E-state index >= 15 is 0 Å². The average Bonchev–Trinajstić information content (AvgIpc) is 2.61. The van der Waals surface area contributed by atoms with Crippen LogP contribution in [0.5, 0.6) is 11.5 Å². The molecule has 0 aromatic heterocycles. The summed E-state index contributed by atoms with van der Waals surface area (Å²) in [5, 5.41) is 20.1. The van der Waals surface area contributed by atoms with E-state index < -0.39 is 18.2 Å². The molecule has 2 aliphatic rings. The van der Waals surface area contributed by atoms with Crippen LogP contribution in [0.25, 0.3) is 0 Å². The standard InChI is InChI=1S/C17H23NO6/c1-2-5-18(12-9-22-10-13(19)16(12)20)17(21)11-3-4-14-15(8-11)24-7-6-23-14/h3-4,8,12-13,16,19-20H,2,5-7,9-10H2,1H3/t12-,13-,16+/m1/s1. The number of ether oxygens (including phenoxy) is 3. The minimum Gasteiger partial charge on any atom is -0.486 e. The lowest BCUT2D eigenvalue weighted by Crippen LogP contribution is -2.57. The molecule has 132 valence electrons. The number of hydrogen-bond acceptors (Lipinski definition) is 6. The Hall–Kier alpha value is -1.83. The van der Waals surface area contributed by atoms with Crippen LogP contribution in [0.1, 0.15) is 23.7 Å². The van der Waals surface area contributed by atoms with E-state index in [9.17, 15) is 15.0 Å². The summed E-state index contributed by atoms with van der Waals surface area (Å²) < 4.78 is 16.3. The van der Waals surface area contributed by atoms with Crippen molar-refractivity contribution in [2.75, 3.05) is 33.0 Å². The van der Waals surface area contributed by atoms with Gasteiger partial charge in [-0.2, -0.15) is 0 Å². The quantitative estimate of drug-likeness (QED) is 0.828. The van der Waals surface area contributed by atoms with Crippen LogP contribution in [-0.2, 0) is 4.74 Å². The highest BCUT2D eigenvalue weighted by Crippen LogP contribution is 2.31. The van der Waals surface area contributed by atoms with E-state index in [0.717, 1.165) is 6.42 Å². The van der Waals surface area contributed by atoms with Crippen LogP contribution in [-0.4, -0.2) is 72.2 Å². The fraction of sp³-hybridized carbons (Fsp3) is 0.588. The molecule has 7 nitrogen and oxygen atoms in total. The number of nitrogens with zero attached hydrogens (tertiary/aromatic N) is 1. The molecule has 7 heteroatoms. The molecule has 3 rings (SSSR count). The van der Waals surface area contributed by atoms with E-state index in [-0.39, 0.29) is 19.1 Å². The van der Waals surface area contributed by atoms with E-state index in [1.165, 1.54) is 0 Å². The second kappa shape index (κ2) is 7.38. The number of aliphatic hydroxyl groups is 2. The van der Waals surface area contributed by atoms with Crippen LogP contribution in [0.15, 0.2) is 18.2 Å². The van der Waals surface area contributed by atoms with Crippen molar-refractivity contribution < 1.29 is 29.2 Å². The number of fused-ring (bicyclic) bond motifs is 1. The Bertz CT molecular complexity index is 592. The van der Waals surface area contributed by atoms with Crippen molar-refractivity contribution in [2.45, 2.75) is 31.6 Å². The van der Waals surface area contributed by atoms with Crippen molar-refractivity contribution in [3.05, 3.63) is 23.8 Å². The van der Waals surface area contributed by atoms with Gasteiger partial charge in [0.25, 0.3) is 5.91 Å². The van der Waals surface area contributed by atoms with Crippen LogP contribution in [0.2, 0.25) is 0 Å². The summed E-state index contributed by atoms with van der Waals surface area (Å²) in [5.74, 6) is 0.941. The van der Waals surface area contributed by atoms with Gasteiger partial charge in [-0.15, -0.1) is 0 Å². The Balaban J connectivity index is 1.84. The molecule has 1 aromatic carbocycles. The summed E-state index contributed by atoms with van der Waals surface area (Å²) in [5.41, 5.74) is 0.458. The van der Waals surface area contributed by atoms with Gasteiger partial charge in [0.2, 0.25) is 0 Å². The van der Waals surface area contributed by atoms with Crippen molar-refractivity contribution in [3.63, 3.8) is 0 Å². The number of aliphatic hydroxyl groups excluding tert-OH is 2. The molecule has 0 saturated carbocycles. The summed E-state index contributed by atoms with van der Waals surface area (Å²) in [6.45, 7) is 3.64. The summed E-state index contributed by atoms with van der Waals surface area (Å²) in [7, 11) is 0. The molecule has 2 heterocycles. The van der Waals surface area contributed by atoms with E-state index in [1.54, 1.807) is 23.1 Å². The number of benzene rings is 1. The number of hydrogen-bond donors (Lipinski definition) is 2. The zero-order valence-corrected chi connectivity index (χ0v) is 13.7. The molecule has 2 aliphatic heterocycles. The largest absolute Gasteiger partial charge is 0.486 e. The highest BCUT2D eigenvalue weighted by molar-refractivity contribution is 5.95. The third-order valence-corrected chi connectivity index (χ3v) is 4.28. The smallest absolute Gasteiger partial charge is 0.254 e. The molecule has 0 bridgehead atoms. The maximum Gasteiger partial charge on any atom is 0.254 e. The minimum atomic E-state index is -1.02. The monoisotopic (exact) mass is 337 g/mol. The second-order valence-electron chi connectivity index (χ2n) is 6.02. The van der Waals surface area contributed by atoms with Gasteiger partial charge in [-0.1, -0.05) is 6.92 Å². The predicted molar refractivity (Wildman–Crippen MR) is 85.4 cm³/mol. The highest BCUT2D eigenvalue weighted by atomic mass is 16.6. The Morgan fingerprint density at radius 1 is 1.21 bits per heavy atom. The van der Waals surface area contributed by atoms with Gasteiger partial charge in [0, 0.05) is 12.1 Å². The second-order valence-corrected chi connectivity index (χ2v) is 6.02. The Labute approximate surface area is 140 Å². The maximum atomic E-state index is 13.0. The fourth-order valence-corrected chi connectivity index (χ4v) is 3.04. The number of amides is 1. The number of carbonyl (C=O) groups excluding carboxylic acids is 1. The first kappa shape index (κ1) is 17.0. The van der Waals surface area contributed by atoms with Gasteiger partial charge in [0.15, 0.2) is 11.5 Å². The van der Waals surface area contributed by atoms with Crippen LogP contribution < -0.4 is 9.47 Å². The van der Waals surface area contributed by atoms with E-state index in [2.05, 4.69) is 0 Å². The molecule has 0 radical (unpaired) electrons. The molecule has 1 aromatic rings. The normalized spacial score (nSPS) is 26.0. The van der Waals surface area contributed by atoms with Gasteiger partial charge in [-0.05, 0) is 24.6 Å². The van der Waals surface area contributed by atoms with Gasteiger partial charge < -0.3 is 29.3 Å². The SMILES string of the molecule is CCCN(C(=O)c1ccc2c(c1)OCCO2)[C@@H]1COC[C@@H](O)[C@H]1O. The third kappa shape index (κ3) is 3.33. The Morgan fingerprint density at radius 2 is 1.96 bits per heavy atom. The summed E-state index contributed by atoms with van der Waals surface area (Å²) in [6.07, 6.45) is -1.28. The molecule has 24 heavy (non-hydrogen) atoms. The van der Waals surface area contributed by atoms with Crippen LogP contribution >= 0.6 is 0 Å². The van der Waals surface area contributed by atoms with E-state index in [0.29, 0.717) is 36.8 Å². The minimum absolute atomic E-state index is 0.0792. The fourth-order valence-electron chi connectivity index (χ4n) is 3.04. The van der Waals surface area contributed by atoms with Crippen LogP contribution in [0.4, 0.5) is 0 Å². The van der Waals surface area contributed by atoms with E-state index in [4.69, 9.17) is 14.2 Å². The van der Waals surface area contributed by atoms with Gasteiger partial charge in [0.05, 0.1) is 19.3 Å². The predicted octanol–water partition coefficient (Wildman–Crippen LogP) is 0.431. The lowest BCUT2D eigenvalue weighted by molar-refractivity contribution is -0.125. The topological polar surface area (TPSA) is 88.5 Å². The molecule has 1 saturated heterocycles. The molecule has 0 aliphatic carbocycles. The molecule has 0 spiro atoms. The van der Waals surface area contributed by atoms with Gasteiger partial charge in [-0.25, -0.2) is 0 Å². The first-order valence-electron chi connectivity index (χ1n) is 8.26. The molecule has 3 atom stereocenters. The van der Waals surface area contributed by atoms with Crippen molar-refractivity contribution >= 4 is 5.91 Å². The van der Waals surface area contributed by atoms with Crippen LogP contribution in [0, 0.1) is 0 Å². The Morgan fingerprint density at radius 3 is 2.71 bits per heavy atom. The zero-order valence-electron chi connectivity index (χ0n) is 13.7. The molecular weight excluding hydrogens is 314 g/mol. The average molecular weight is 337 g/mol. The molecule has 1 fully saturated rings. The molecule has 2 N–H and O–H groups in total. The van der Waals surface area contributed by atoms with Gasteiger partial charge in [-0.3, -0.25) is 4.79 Å². The maximum absolute atomic E-state index is 13.0. The molecule has 0 unspecified atom stereocenters. The Kier molecular flexibility index (Phi) is 5.23. The number of carbonyl (C=O) groups is 1. The first-order valence-corrected chi connectivity index (χ1v) is 8.26. The van der Waals surface area contributed by atoms with Crippen molar-refractivity contribution in [2.24, 2.45) is 0 Å². The lowest BCUT2D eigenvalue weighted by atomic mass is 10.0. The molecular formula is C17H23NO6. The van der Waals surface area contributed by atoms with Gasteiger partial charge >= 0.3 is 0 Å². The summed E-state index contributed by atoms with van der Waals surface area (Å²) >= 11 is 0. The van der Waals surface area contributed by atoms with Crippen molar-refractivity contribution in [1.29, 1.82) is 0 Å². The summed E-state index contributed by atoms with van der Waals surface area (Å²) in [4.78, 5) is 14.5. The third-order valence-electron chi connectivity index (χ3n) is 4.28. The van der Waals surface area contributed by atoms with Crippen molar-refractivity contribution in [1.82, 2.24) is 4.90 Å². The van der Waals surface area contributed by atoms with Crippen molar-refractivity contribution in [3.8, 4) is 11.5 Å². The zero-order chi connectivity index (χ0) is 17.1. The first-order chi connectivity index (χ1) is 11.6. The van der Waals surface area contributed by atoms with Gasteiger partial charge in [0.1, 0.15) is 25.4 Å². The highest BCUT2D eigenvalue weighted by Gasteiger charge is 2.37. The summed E-state index contributed by atoms with van der Waals surface area (Å²) in [6, 6.07) is 4.49. The van der Waals surface area contributed by atoms with E-state index in [1.807, 2.05) is 6.92 Å². The number of rotatable bonds is 4. The lowest BCUT2D eigenvalue weighted by Gasteiger charge is -2.39.